The Kier molecular flexibility index (Phi) is 7.46. The van der Waals surface area contributed by atoms with Crippen LogP contribution in [0.2, 0.25) is 0 Å². The van der Waals surface area contributed by atoms with Gasteiger partial charge in [-0.3, -0.25) is 4.79 Å². The lowest BCUT2D eigenvalue weighted by molar-refractivity contribution is -0.118. The molecule has 0 bridgehead atoms. The second kappa shape index (κ2) is 8.12. The molecule has 1 rings (SSSR count). The van der Waals surface area contributed by atoms with Gasteiger partial charge in [-0.1, -0.05) is 24.3 Å². The average Bonchev–Trinajstić information content (AvgIpc) is 2.07. The molecule has 0 fully saturated rings. The molecule has 1 heterocycles. The average molecular weight is 229 g/mol. The van der Waals surface area contributed by atoms with Crippen LogP contribution >= 0.6 is 12.4 Å². The van der Waals surface area contributed by atoms with Crippen molar-refractivity contribution in [2.75, 3.05) is 0 Å². The molecule has 0 aromatic heterocycles. The maximum absolute atomic E-state index is 10.5. The first-order chi connectivity index (χ1) is 6.79. The molecule has 0 aliphatic carbocycles. The number of amides is 1. The fourth-order valence-corrected chi connectivity index (χ4v) is 1.29. The zero-order valence-electron chi connectivity index (χ0n) is 8.56. The summed E-state index contributed by atoms with van der Waals surface area (Å²) < 4.78 is 0. The summed E-state index contributed by atoms with van der Waals surface area (Å²) in [4.78, 5) is 10.5. The highest BCUT2D eigenvalue weighted by atomic mass is 35.5. The highest BCUT2D eigenvalue weighted by molar-refractivity contribution is 5.85. The molecular weight excluding hydrogens is 212 g/mol. The van der Waals surface area contributed by atoms with Gasteiger partial charge in [0.05, 0.1) is 0 Å². The zero-order chi connectivity index (χ0) is 10.2. The summed E-state index contributed by atoms with van der Waals surface area (Å²) in [6.45, 7) is 0. The molecule has 0 saturated heterocycles. The lowest BCUT2D eigenvalue weighted by Crippen LogP contribution is -2.22. The Morgan fingerprint density at radius 3 is 2.73 bits per heavy atom. The first-order valence-electron chi connectivity index (χ1n) is 4.83. The van der Waals surface area contributed by atoms with Crippen molar-refractivity contribution in [1.29, 1.82) is 0 Å². The highest BCUT2D eigenvalue weighted by Gasteiger charge is 2.03. The predicted octanol–water partition coefficient (Wildman–Crippen LogP) is 1.66. The summed E-state index contributed by atoms with van der Waals surface area (Å²) in [7, 11) is 0. The number of nitrogens with two attached hydrogens (primary N) is 1. The quantitative estimate of drug-likeness (QED) is 0.769. The maximum Gasteiger partial charge on any atom is 0.217 e. The molecule has 3 N–H and O–H groups in total. The summed E-state index contributed by atoms with van der Waals surface area (Å²) in [5.41, 5.74) is 5.06. The van der Waals surface area contributed by atoms with Gasteiger partial charge in [0.15, 0.2) is 0 Å². The highest BCUT2D eigenvalue weighted by Crippen LogP contribution is 2.03. The minimum Gasteiger partial charge on any atom is -0.385 e. The lowest BCUT2D eigenvalue weighted by atomic mass is 10.1. The Labute approximate surface area is 96.5 Å². The predicted molar refractivity (Wildman–Crippen MR) is 64.6 cm³/mol. The van der Waals surface area contributed by atoms with E-state index in [1.165, 1.54) is 0 Å². The monoisotopic (exact) mass is 228 g/mol. The Hall–Kier alpha value is -1.22. The van der Waals surface area contributed by atoms with E-state index in [1.54, 1.807) is 0 Å². The van der Waals surface area contributed by atoms with Crippen LogP contribution in [-0.4, -0.2) is 11.9 Å². The van der Waals surface area contributed by atoms with E-state index in [0.29, 0.717) is 12.5 Å². The van der Waals surface area contributed by atoms with E-state index < -0.39 is 0 Å². The smallest absolute Gasteiger partial charge is 0.217 e. The van der Waals surface area contributed by atoms with E-state index in [0.717, 1.165) is 12.8 Å². The molecule has 1 amide bonds. The molecule has 0 saturated carbocycles. The van der Waals surface area contributed by atoms with Crippen LogP contribution in [0.4, 0.5) is 0 Å². The van der Waals surface area contributed by atoms with Crippen molar-refractivity contribution in [3.63, 3.8) is 0 Å². The Morgan fingerprint density at radius 1 is 1.27 bits per heavy atom. The van der Waals surface area contributed by atoms with E-state index in [9.17, 15) is 4.79 Å². The Bertz CT molecular complexity index is 272. The van der Waals surface area contributed by atoms with Crippen LogP contribution in [-0.2, 0) is 4.79 Å². The lowest BCUT2D eigenvalue weighted by Gasteiger charge is -2.12. The summed E-state index contributed by atoms with van der Waals surface area (Å²) >= 11 is 0. The molecule has 0 aromatic carbocycles. The molecule has 1 aliphatic rings. The minimum absolute atomic E-state index is 0. The normalized spacial score (nSPS) is 18.5. The van der Waals surface area contributed by atoms with Gasteiger partial charge in [0.2, 0.25) is 5.91 Å². The number of halogens is 1. The zero-order valence-corrected chi connectivity index (χ0v) is 9.37. The third-order valence-corrected chi connectivity index (χ3v) is 2.02. The molecule has 1 unspecified atom stereocenters. The van der Waals surface area contributed by atoms with Crippen LogP contribution < -0.4 is 11.1 Å². The van der Waals surface area contributed by atoms with Crippen molar-refractivity contribution in [2.24, 2.45) is 5.73 Å². The van der Waals surface area contributed by atoms with Crippen LogP contribution in [0.25, 0.3) is 0 Å². The maximum atomic E-state index is 10.5. The SMILES string of the molecule is Cl.NC(=O)CCCC1C=CC=CC=CN1. The van der Waals surface area contributed by atoms with E-state index >= 15 is 0 Å². The fraction of sp³-hybridized carbons (Fsp3) is 0.364. The van der Waals surface area contributed by atoms with Crippen molar-refractivity contribution in [1.82, 2.24) is 5.32 Å². The van der Waals surface area contributed by atoms with E-state index in [-0.39, 0.29) is 18.3 Å². The standard InChI is InChI=1S/C11H16N2O.ClH/c12-11(14)8-5-7-10-6-3-1-2-4-9-13-10;/h1-4,6,9-10,13H,5,7-8H2,(H2,12,14);1H. The van der Waals surface area contributed by atoms with Crippen molar-refractivity contribution >= 4 is 18.3 Å². The minimum atomic E-state index is -0.227. The topological polar surface area (TPSA) is 55.1 Å². The van der Waals surface area contributed by atoms with Crippen molar-refractivity contribution < 1.29 is 4.79 Å². The number of allylic oxidation sites excluding steroid dienone is 4. The molecule has 0 aromatic rings. The summed E-state index contributed by atoms with van der Waals surface area (Å²) in [5.74, 6) is -0.227. The van der Waals surface area contributed by atoms with E-state index in [1.807, 2.05) is 30.5 Å². The molecule has 4 heteroatoms. The van der Waals surface area contributed by atoms with Crippen LogP contribution in [0.15, 0.2) is 36.6 Å². The van der Waals surface area contributed by atoms with Crippen LogP contribution in [0.3, 0.4) is 0 Å². The number of hydrogen-bond acceptors (Lipinski definition) is 2. The Balaban J connectivity index is 0.00000196. The first kappa shape index (κ1) is 13.8. The number of hydrogen-bond donors (Lipinski definition) is 2. The van der Waals surface area contributed by atoms with Gasteiger partial charge >= 0.3 is 0 Å². The molecule has 3 nitrogen and oxygen atoms in total. The number of carbonyl (C=O) groups is 1. The van der Waals surface area contributed by atoms with Gasteiger partial charge in [0, 0.05) is 12.5 Å². The van der Waals surface area contributed by atoms with Crippen molar-refractivity contribution in [3.05, 3.63) is 36.6 Å². The third-order valence-electron chi connectivity index (χ3n) is 2.02. The molecule has 15 heavy (non-hydrogen) atoms. The number of rotatable bonds is 4. The summed E-state index contributed by atoms with van der Waals surface area (Å²) in [6.07, 6.45) is 14.1. The molecule has 1 atom stereocenters. The van der Waals surface area contributed by atoms with Crippen LogP contribution in [0.1, 0.15) is 19.3 Å². The molecule has 0 spiro atoms. The van der Waals surface area contributed by atoms with Gasteiger partial charge < -0.3 is 11.1 Å². The second-order valence-electron chi connectivity index (χ2n) is 3.26. The Morgan fingerprint density at radius 2 is 2.00 bits per heavy atom. The fourth-order valence-electron chi connectivity index (χ4n) is 1.29. The largest absolute Gasteiger partial charge is 0.385 e. The number of nitrogens with one attached hydrogen (secondary N) is 1. The summed E-state index contributed by atoms with van der Waals surface area (Å²) in [5, 5.41) is 3.22. The first-order valence-corrected chi connectivity index (χ1v) is 4.83. The van der Waals surface area contributed by atoms with Gasteiger partial charge in [-0.25, -0.2) is 0 Å². The van der Waals surface area contributed by atoms with Crippen LogP contribution in [0, 0.1) is 0 Å². The van der Waals surface area contributed by atoms with E-state index in [4.69, 9.17) is 5.73 Å². The number of primary amides is 1. The third kappa shape index (κ3) is 6.80. The molecule has 84 valence electrons. The van der Waals surface area contributed by atoms with Gasteiger partial charge in [-0.2, -0.15) is 0 Å². The van der Waals surface area contributed by atoms with Crippen molar-refractivity contribution in [3.8, 4) is 0 Å². The van der Waals surface area contributed by atoms with Gasteiger partial charge in [0.25, 0.3) is 0 Å². The summed E-state index contributed by atoms with van der Waals surface area (Å²) in [6, 6.07) is 0.301. The van der Waals surface area contributed by atoms with E-state index in [2.05, 4.69) is 11.4 Å². The molecular formula is C11H17ClN2O. The molecule has 1 aliphatic heterocycles. The van der Waals surface area contributed by atoms with Crippen LogP contribution in [0.5, 0.6) is 0 Å². The van der Waals surface area contributed by atoms with Gasteiger partial charge in [0.1, 0.15) is 0 Å². The second-order valence-corrected chi connectivity index (χ2v) is 3.26. The van der Waals surface area contributed by atoms with Gasteiger partial charge in [-0.15, -0.1) is 12.4 Å². The number of carbonyl (C=O) groups excluding carboxylic acids is 1. The van der Waals surface area contributed by atoms with Crippen molar-refractivity contribution in [2.45, 2.75) is 25.3 Å². The van der Waals surface area contributed by atoms with Gasteiger partial charge in [-0.05, 0) is 25.1 Å². The molecule has 0 radical (unpaired) electrons.